The standard InChI is InChI=1S/C4H10O4S/c1-2-3-4(5)9(6,7)8/h4-5H,2-3H2,1H3,(H,6,7,8). The minimum absolute atomic E-state index is 0.0822. The molecule has 0 saturated heterocycles. The Bertz CT molecular complexity index is 159. The molecule has 0 fully saturated rings. The number of aliphatic hydroxyl groups excluding tert-OH is 1. The van der Waals surface area contributed by atoms with E-state index in [9.17, 15) is 8.42 Å². The minimum atomic E-state index is -4.21. The zero-order chi connectivity index (χ0) is 7.49. The molecule has 0 saturated carbocycles. The van der Waals surface area contributed by atoms with Gasteiger partial charge < -0.3 is 5.11 Å². The third kappa shape index (κ3) is 3.45. The number of rotatable bonds is 3. The van der Waals surface area contributed by atoms with Crippen molar-refractivity contribution in [2.24, 2.45) is 0 Å². The van der Waals surface area contributed by atoms with Gasteiger partial charge in [-0.25, -0.2) is 0 Å². The Hall–Kier alpha value is -0.130. The van der Waals surface area contributed by atoms with Gasteiger partial charge in [-0.05, 0) is 6.42 Å². The predicted molar refractivity (Wildman–Crippen MR) is 32.5 cm³/mol. The van der Waals surface area contributed by atoms with Gasteiger partial charge in [-0.15, -0.1) is 0 Å². The SMILES string of the molecule is CCCC(O)S(=O)(=O)O. The van der Waals surface area contributed by atoms with Gasteiger partial charge in [0.25, 0.3) is 10.1 Å². The van der Waals surface area contributed by atoms with Crippen molar-refractivity contribution >= 4 is 10.1 Å². The van der Waals surface area contributed by atoms with Crippen LogP contribution in [-0.2, 0) is 10.1 Å². The van der Waals surface area contributed by atoms with E-state index in [2.05, 4.69) is 0 Å². The average molecular weight is 154 g/mol. The lowest BCUT2D eigenvalue weighted by Crippen LogP contribution is -2.18. The van der Waals surface area contributed by atoms with Gasteiger partial charge in [-0.1, -0.05) is 13.3 Å². The van der Waals surface area contributed by atoms with E-state index in [0.717, 1.165) is 0 Å². The molecule has 1 unspecified atom stereocenters. The zero-order valence-corrected chi connectivity index (χ0v) is 5.93. The van der Waals surface area contributed by atoms with E-state index < -0.39 is 15.6 Å². The fraction of sp³-hybridized carbons (Fsp3) is 1.00. The molecule has 0 spiro atoms. The van der Waals surface area contributed by atoms with Crippen LogP contribution in [0.1, 0.15) is 19.8 Å². The first-order valence-corrected chi connectivity index (χ1v) is 4.13. The van der Waals surface area contributed by atoms with Gasteiger partial charge in [0, 0.05) is 0 Å². The van der Waals surface area contributed by atoms with Crippen LogP contribution in [0.3, 0.4) is 0 Å². The molecule has 9 heavy (non-hydrogen) atoms. The summed E-state index contributed by atoms with van der Waals surface area (Å²) in [5.74, 6) is 0. The van der Waals surface area contributed by atoms with Crippen molar-refractivity contribution in [3.63, 3.8) is 0 Å². The molecule has 0 heterocycles. The summed E-state index contributed by atoms with van der Waals surface area (Å²) < 4.78 is 28.2. The van der Waals surface area contributed by atoms with E-state index in [-0.39, 0.29) is 6.42 Å². The number of aliphatic hydroxyl groups is 1. The van der Waals surface area contributed by atoms with E-state index >= 15 is 0 Å². The first kappa shape index (κ1) is 8.87. The third-order valence-corrected chi connectivity index (χ3v) is 1.80. The van der Waals surface area contributed by atoms with E-state index in [0.29, 0.717) is 6.42 Å². The molecule has 0 rings (SSSR count). The van der Waals surface area contributed by atoms with Gasteiger partial charge in [0.1, 0.15) is 0 Å². The summed E-state index contributed by atoms with van der Waals surface area (Å²) in [6, 6.07) is 0. The topological polar surface area (TPSA) is 74.6 Å². The highest BCUT2D eigenvalue weighted by atomic mass is 32.2. The first-order chi connectivity index (χ1) is 3.98. The van der Waals surface area contributed by atoms with E-state index in [1.807, 2.05) is 0 Å². The quantitative estimate of drug-likeness (QED) is 0.561. The molecule has 0 aliphatic heterocycles. The maximum atomic E-state index is 10.0. The molecule has 0 aromatic rings. The van der Waals surface area contributed by atoms with Crippen molar-refractivity contribution in [3.05, 3.63) is 0 Å². The third-order valence-electron chi connectivity index (χ3n) is 0.879. The highest BCUT2D eigenvalue weighted by molar-refractivity contribution is 7.86. The molecule has 0 radical (unpaired) electrons. The summed E-state index contributed by atoms with van der Waals surface area (Å²) in [5, 5.41) is 8.55. The molecule has 0 bridgehead atoms. The van der Waals surface area contributed by atoms with Gasteiger partial charge in [-0.2, -0.15) is 8.42 Å². The highest BCUT2D eigenvalue weighted by Gasteiger charge is 2.17. The lowest BCUT2D eigenvalue weighted by molar-refractivity contribution is 0.222. The second-order valence-corrected chi connectivity index (χ2v) is 3.33. The molecule has 0 aliphatic rings. The van der Waals surface area contributed by atoms with Gasteiger partial charge in [0.05, 0.1) is 0 Å². The lowest BCUT2D eigenvalue weighted by Gasteiger charge is -2.02. The normalized spacial score (nSPS) is 15.4. The Labute approximate surface area is 54.3 Å². The maximum Gasteiger partial charge on any atom is 0.291 e. The second-order valence-electron chi connectivity index (χ2n) is 1.76. The van der Waals surface area contributed by atoms with E-state index in [4.69, 9.17) is 9.66 Å². The van der Waals surface area contributed by atoms with Crippen LogP contribution in [0.25, 0.3) is 0 Å². The van der Waals surface area contributed by atoms with Crippen molar-refractivity contribution in [2.45, 2.75) is 25.2 Å². The van der Waals surface area contributed by atoms with Crippen molar-refractivity contribution in [1.29, 1.82) is 0 Å². The summed E-state index contributed by atoms with van der Waals surface area (Å²) in [4.78, 5) is 0. The summed E-state index contributed by atoms with van der Waals surface area (Å²) in [6.07, 6.45) is 0.611. The van der Waals surface area contributed by atoms with Crippen LogP contribution in [0.4, 0.5) is 0 Å². The monoisotopic (exact) mass is 154 g/mol. The lowest BCUT2D eigenvalue weighted by atomic mass is 10.4. The Morgan fingerprint density at radius 1 is 1.56 bits per heavy atom. The van der Waals surface area contributed by atoms with Crippen LogP contribution in [0.5, 0.6) is 0 Å². The number of hydrogen-bond donors (Lipinski definition) is 2. The fourth-order valence-corrected chi connectivity index (χ4v) is 0.929. The zero-order valence-electron chi connectivity index (χ0n) is 5.11. The van der Waals surface area contributed by atoms with Gasteiger partial charge in [0.15, 0.2) is 5.44 Å². The Kier molecular flexibility index (Phi) is 3.10. The van der Waals surface area contributed by atoms with E-state index in [1.165, 1.54) is 0 Å². The average Bonchev–Trinajstić information content (AvgIpc) is 1.64. The van der Waals surface area contributed by atoms with Crippen LogP contribution in [0, 0.1) is 0 Å². The molecule has 4 nitrogen and oxygen atoms in total. The predicted octanol–water partition coefficient (Wildman–Crippen LogP) is -0.00730. The first-order valence-electron chi connectivity index (χ1n) is 2.63. The van der Waals surface area contributed by atoms with Crippen molar-refractivity contribution in [3.8, 4) is 0 Å². The van der Waals surface area contributed by atoms with Gasteiger partial charge in [0.2, 0.25) is 0 Å². The smallest absolute Gasteiger partial charge is 0.291 e. The Morgan fingerprint density at radius 2 is 2.00 bits per heavy atom. The van der Waals surface area contributed by atoms with Crippen molar-refractivity contribution in [2.75, 3.05) is 0 Å². The molecule has 1 atom stereocenters. The van der Waals surface area contributed by atoms with Crippen LogP contribution >= 0.6 is 0 Å². The van der Waals surface area contributed by atoms with Gasteiger partial charge >= 0.3 is 0 Å². The summed E-state index contributed by atoms with van der Waals surface area (Å²) >= 11 is 0. The summed E-state index contributed by atoms with van der Waals surface area (Å²) in [7, 11) is -4.21. The molecular formula is C4H10O4S. The van der Waals surface area contributed by atoms with Gasteiger partial charge in [-0.3, -0.25) is 4.55 Å². The molecule has 0 aromatic heterocycles. The van der Waals surface area contributed by atoms with Crippen molar-refractivity contribution < 1.29 is 18.1 Å². The van der Waals surface area contributed by atoms with Crippen LogP contribution < -0.4 is 0 Å². The number of hydrogen-bond acceptors (Lipinski definition) is 3. The Morgan fingerprint density at radius 3 is 2.11 bits per heavy atom. The fourth-order valence-electron chi connectivity index (χ4n) is 0.396. The minimum Gasteiger partial charge on any atom is -0.375 e. The molecule has 56 valence electrons. The molecule has 2 N–H and O–H groups in total. The maximum absolute atomic E-state index is 10.0. The van der Waals surface area contributed by atoms with Crippen LogP contribution in [0.2, 0.25) is 0 Å². The highest BCUT2D eigenvalue weighted by Crippen LogP contribution is 2.01. The van der Waals surface area contributed by atoms with Crippen LogP contribution in [-0.4, -0.2) is 23.5 Å². The molecule has 0 amide bonds. The molecule has 0 aliphatic carbocycles. The van der Waals surface area contributed by atoms with Crippen LogP contribution in [0.15, 0.2) is 0 Å². The second kappa shape index (κ2) is 3.14. The Balaban J connectivity index is 3.90. The summed E-state index contributed by atoms with van der Waals surface area (Å²) in [6.45, 7) is 1.72. The summed E-state index contributed by atoms with van der Waals surface area (Å²) in [5.41, 5.74) is -1.61. The molecular weight excluding hydrogens is 144 g/mol. The van der Waals surface area contributed by atoms with E-state index in [1.54, 1.807) is 6.92 Å². The molecule has 0 aromatic carbocycles. The van der Waals surface area contributed by atoms with Crippen molar-refractivity contribution in [1.82, 2.24) is 0 Å². The largest absolute Gasteiger partial charge is 0.375 e. The molecule has 5 heteroatoms.